The van der Waals surface area contributed by atoms with E-state index in [1.54, 1.807) is 13.2 Å². The molecule has 4 atom stereocenters. The van der Waals surface area contributed by atoms with Gasteiger partial charge in [0.15, 0.2) is 0 Å². The molecule has 1 fully saturated rings. The number of aromatic nitrogens is 1. The van der Waals surface area contributed by atoms with Gasteiger partial charge in [0.25, 0.3) is 0 Å². The fraction of sp³-hybridized carbons (Fsp3) is 0.344. The molecule has 0 amide bonds. The minimum atomic E-state index is -1.17. The Morgan fingerprint density at radius 2 is 1.69 bits per heavy atom. The van der Waals surface area contributed by atoms with Crippen LogP contribution < -0.4 is 4.74 Å². The van der Waals surface area contributed by atoms with Gasteiger partial charge in [-0.25, -0.2) is 4.98 Å². The van der Waals surface area contributed by atoms with Crippen molar-refractivity contribution in [1.29, 1.82) is 0 Å². The summed E-state index contributed by atoms with van der Waals surface area (Å²) < 4.78 is 5.77. The molecule has 1 aromatic heterocycles. The van der Waals surface area contributed by atoms with E-state index in [2.05, 4.69) is 24.0 Å². The molecule has 5 rings (SSSR count). The summed E-state index contributed by atoms with van der Waals surface area (Å²) in [6.45, 7) is 2.71. The van der Waals surface area contributed by atoms with Gasteiger partial charge < -0.3 is 14.9 Å². The van der Waals surface area contributed by atoms with E-state index < -0.39 is 11.5 Å². The Hall–Kier alpha value is -2.67. The van der Waals surface area contributed by atoms with Crippen LogP contribution in [0.1, 0.15) is 55.8 Å². The predicted molar refractivity (Wildman–Crippen MR) is 160 cm³/mol. The number of hydrogen-bond acceptors (Lipinski definition) is 5. The summed E-state index contributed by atoms with van der Waals surface area (Å²) in [5.41, 5.74) is 2.45. The SMILES string of the molecule is C.COc1nc2ccc(Cl)cc2cc1C(c1ccc(Cl)cc1)C1(O)CCN(C(C)c2ccccc2)C(CO)C1. The first-order chi connectivity index (χ1) is 18.3. The molecule has 3 aromatic carbocycles. The first-order valence-corrected chi connectivity index (χ1v) is 13.6. The smallest absolute Gasteiger partial charge is 0.217 e. The van der Waals surface area contributed by atoms with E-state index >= 15 is 0 Å². The van der Waals surface area contributed by atoms with Gasteiger partial charge in [0.2, 0.25) is 5.88 Å². The molecule has 4 unspecified atom stereocenters. The van der Waals surface area contributed by atoms with Crippen molar-refractivity contribution in [3.05, 3.63) is 106 Å². The van der Waals surface area contributed by atoms with Crippen molar-refractivity contribution in [3.8, 4) is 5.88 Å². The number of aliphatic hydroxyl groups is 2. The molecule has 1 saturated heterocycles. The fourth-order valence-electron chi connectivity index (χ4n) is 5.95. The highest BCUT2D eigenvalue weighted by atomic mass is 35.5. The van der Waals surface area contributed by atoms with Gasteiger partial charge in [0.05, 0.1) is 24.8 Å². The molecule has 1 aliphatic rings. The number of aliphatic hydroxyl groups excluding tert-OH is 1. The van der Waals surface area contributed by atoms with Crippen LogP contribution in [0, 0.1) is 0 Å². The number of nitrogens with zero attached hydrogens (tertiary/aromatic N) is 2. The minimum Gasteiger partial charge on any atom is -0.481 e. The third kappa shape index (κ3) is 5.93. The highest BCUT2D eigenvalue weighted by Crippen LogP contribution is 2.47. The lowest BCUT2D eigenvalue weighted by Gasteiger charge is -2.49. The second-order valence-electron chi connectivity index (χ2n) is 10.1. The Labute approximate surface area is 241 Å². The van der Waals surface area contributed by atoms with Crippen molar-refractivity contribution in [2.75, 3.05) is 20.3 Å². The number of likely N-dealkylation sites (tertiary alicyclic amines) is 1. The highest BCUT2D eigenvalue weighted by Gasteiger charge is 2.47. The lowest BCUT2D eigenvalue weighted by molar-refractivity contribution is -0.0790. The first-order valence-electron chi connectivity index (χ1n) is 12.9. The third-order valence-electron chi connectivity index (χ3n) is 7.87. The molecule has 7 heteroatoms. The van der Waals surface area contributed by atoms with E-state index in [-0.39, 0.29) is 26.1 Å². The number of benzene rings is 3. The van der Waals surface area contributed by atoms with Crippen molar-refractivity contribution in [2.24, 2.45) is 0 Å². The van der Waals surface area contributed by atoms with Crippen LogP contribution >= 0.6 is 23.2 Å². The Balaban J connectivity index is 0.00000353. The summed E-state index contributed by atoms with van der Waals surface area (Å²) in [6.07, 6.45) is 0.884. The van der Waals surface area contributed by atoms with Gasteiger partial charge >= 0.3 is 0 Å². The summed E-state index contributed by atoms with van der Waals surface area (Å²) >= 11 is 12.6. The van der Waals surface area contributed by atoms with Crippen LogP contribution in [-0.2, 0) is 0 Å². The molecule has 0 spiro atoms. The zero-order valence-corrected chi connectivity index (χ0v) is 23.0. The third-order valence-corrected chi connectivity index (χ3v) is 8.35. The molecule has 1 aliphatic heterocycles. The van der Waals surface area contributed by atoms with Crippen molar-refractivity contribution < 1.29 is 14.9 Å². The number of piperidine rings is 1. The van der Waals surface area contributed by atoms with E-state index in [0.717, 1.165) is 22.0 Å². The molecule has 2 N–H and O–H groups in total. The van der Waals surface area contributed by atoms with Crippen molar-refractivity contribution in [3.63, 3.8) is 0 Å². The van der Waals surface area contributed by atoms with Crippen LogP contribution in [0.5, 0.6) is 5.88 Å². The van der Waals surface area contributed by atoms with Crippen LogP contribution in [0.15, 0.2) is 78.9 Å². The number of ether oxygens (including phenoxy) is 1. The first kappa shape index (κ1) is 29.3. The van der Waals surface area contributed by atoms with Gasteiger partial charge in [-0.15, -0.1) is 0 Å². The van der Waals surface area contributed by atoms with Crippen LogP contribution in [0.2, 0.25) is 10.0 Å². The van der Waals surface area contributed by atoms with Gasteiger partial charge in [-0.2, -0.15) is 0 Å². The minimum absolute atomic E-state index is 0. The van der Waals surface area contributed by atoms with Crippen LogP contribution in [0.4, 0.5) is 0 Å². The molecule has 2 heterocycles. The summed E-state index contributed by atoms with van der Waals surface area (Å²) in [5, 5.41) is 25.0. The average molecular weight is 568 g/mol. The zero-order chi connectivity index (χ0) is 26.9. The number of halogens is 2. The van der Waals surface area contributed by atoms with Gasteiger partial charge in [-0.3, -0.25) is 4.90 Å². The second kappa shape index (κ2) is 12.2. The molecular formula is C32H36Cl2N2O3. The fourth-order valence-corrected chi connectivity index (χ4v) is 6.25. The topological polar surface area (TPSA) is 65.8 Å². The van der Waals surface area contributed by atoms with Gasteiger partial charge in [0, 0.05) is 45.5 Å². The van der Waals surface area contributed by atoms with E-state index in [0.29, 0.717) is 35.3 Å². The van der Waals surface area contributed by atoms with Crippen LogP contribution in [0.25, 0.3) is 10.9 Å². The summed E-state index contributed by atoms with van der Waals surface area (Å²) in [6, 6.07) is 25.2. The molecule has 0 aliphatic carbocycles. The number of rotatable bonds is 7. The van der Waals surface area contributed by atoms with E-state index in [1.165, 1.54) is 5.56 Å². The van der Waals surface area contributed by atoms with Gasteiger partial charge in [-0.05, 0) is 67.3 Å². The maximum atomic E-state index is 12.4. The molecule has 4 aromatic rings. The van der Waals surface area contributed by atoms with E-state index in [1.807, 2.05) is 60.7 Å². The molecule has 5 nitrogen and oxygen atoms in total. The maximum absolute atomic E-state index is 12.4. The standard InChI is InChI=1S/C31H32Cl2N2O3.CH4/c1-20(21-6-4-3-5-7-21)35-15-14-31(37,18-26(35)19-36)29(22-8-10-24(32)11-9-22)27-17-23-16-25(33)12-13-28(23)34-30(27)38-2;/h3-13,16-17,20,26,29,36-37H,14-15,18-19H2,1-2H3;1H4. The number of methoxy groups -OCH3 is 1. The van der Waals surface area contributed by atoms with Crippen molar-refractivity contribution >= 4 is 34.1 Å². The Morgan fingerprint density at radius 3 is 2.36 bits per heavy atom. The summed E-state index contributed by atoms with van der Waals surface area (Å²) in [5.74, 6) is -0.0114. The lowest BCUT2D eigenvalue weighted by Crippen LogP contribution is -2.55. The molecule has 0 bridgehead atoms. The van der Waals surface area contributed by atoms with E-state index in [9.17, 15) is 10.2 Å². The molecule has 0 saturated carbocycles. The van der Waals surface area contributed by atoms with Gasteiger partial charge in [-0.1, -0.05) is 73.1 Å². The average Bonchev–Trinajstić information content (AvgIpc) is 2.93. The van der Waals surface area contributed by atoms with Gasteiger partial charge in [0.1, 0.15) is 0 Å². The number of fused-ring (bicyclic) bond motifs is 1. The molecular weight excluding hydrogens is 531 g/mol. The monoisotopic (exact) mass is 566 g/mol. The highest BCUT2D eigenvalue weighted by molar-refractivity contribution is 6.31. The van der Waals surface area contributed by atoms with Crippen molar-refractivity contribution in [2.45, 2.75) is 50.8 Å². The Bertz CT molecular complexity index is 1400. The number of pyridine rings is 1. The lowest BCUT2D eigenvalue weighted by atomic mass is 9.70. The van der Waals surface area contributed by atoms with E-state index in [4.69, 9.17) is 32.9 Å². The number of hydrogen-bond donors (Lipinski definition) is 2. The summed E-state index contributed by atoms with van der Waals surface area (Å²) in [4.78, 5) is 7.06. The maximum Gasteiger partial charge on any atom is 0.217 e. The second-order valence-corrected chi connectivity index (χ2v) is 11.0. The quantitative estimate of drug-likeness (QED) is 0.246. The summed E-state index contributed by atoms with van der Waals surface area (Å²) in [7, 11) is 1.59. The molecule has 206 valence electrons. The Kier molecular flexibility index (Phi) is 9.20. The molecule has 39 heavy (non-hydrogen) atoms. The predicted octanol–water partition coefficient (Wildman–Crippen LogP) is 7.27. The molecule has 0 radical (unpaired) electrons. The largest absolute Gasteiger partial charge is 0.481 e. The van der Waals surface area contributed by atoms with Crippen LogP contribution in [-0.4, -0.2) is 52.0 Å². The normalized spacial score (nSPS) is 21.2. The Morgan fingerprint density at radius 1 is 1.00 bits per heavy atom. The van der Waals surface area contributed by atoms with Crippen molar-refractivity contribution in [1.82, 2.24) is 9.88 Å². The zero-order valence-electron chi connectivity index (χ0n) is 21.5. The van der Waals surface area contributed by atoms with Crippen LogP contribution in [0.3, 0.4) is 0 Å².